The van der Waals surface area contributed by atoms with Crippen molar-refractivity contribution in [3.63, 3.8) is 0 Å². The zero-order valence-corrected chi connectivity index (χ0v) is 13.6. The highest BCUT2D eigenvalue weighted by Crippen LogP contribution is 2.14. The number of hydrazone groups is 1. The molecule has 0 heterocycles. The maximum atomic E-state index is 12.0. The molecule has 0 saturated heterocycles. The molecule has 0 saturated carbocycles. The molecule has 0 unspecified atom stereocenters. The van der Waals surface area contributed by atoms with Crippen LogP contribution in [0.15, 0.2) is 38.7 Å². The van der Waals surface area contributed by atoms with Crippen molar-refractivity contribution in [3.05, 3.63) is 28.7 Å². The molecule has 0 fully saturated rings. The molecule has 0 spiro atoms. The van der Waals surface area contributed by atoms with Gasteiger partial charge in [-0.15, -0.1) is 0 Å². The van der Waals surface area contributed by atoms with Crippen molar-refractivity contribution < 1.29 is 8.42 Å². The number of halogens is 1. The van der Waals surface area contributed by atoms with Gasteiger partial charge in [-0.1, -0.05) is 42.6 Å². The van der Waals surface area contributed by atoms with Crippen LogP contribution in [0.4, 0.5) is 0 Å². The lowest BCUT2D eigenvalue weighted by atomic mass is 10.1. The van der Waals surface area contributed by atoms with Gasteiger partial charge in [0.25, 0.3) is 10.0 Å². The van der Waals surface area contributed by atoms with Crippen LogP contribution < -0.4 is 4.83 Å². The second-order valence-corrected chi connectivity index (χ2v) is 6.80. The molecule has 4 nitrogen and oxygen atoms in total. The van der Waals surface area contributed by atoms with Crippen LogP contribution in [0.25, 0.3) is 0 Å². The molecule has 0 bridgehead atoms. The lowest BCUT2D eigenvalue weighted by molar-refractivity contribution is 0.584. The number of hydrogen-bond acceptors (Lipinski definition) is 3. The maximum Gasteiger partial charge on any atom is 0.276 e. The van der Waals surface area contributed by atoms with Gasteiger partial charge < -0.3 is 0 Å². The van der Waals surface area contributed by atoms with E-state index in [-0.39, 0.29) is 4.90 Å². The van der Waals surface area contributed by atoms with Crippen molar-refractivity contribution in [1.82, 2.24) is 4.83 Å². The zero-order valence-electron chi connectivity index (χ0n) is 11.2. The predicted octanol–water partition coefficient (Wildman–Crippen LogP) is 3.68. The molecule has 0 amide bonds. The molecule has 6 heteroatoms. The van der Waals surface area contributed by atoms with E-state index in [1.807, 2.05) is 0 Å². The Morgan fingerprint density at radius 2 is 1.68 bits per heavy atom. The van der Waals surface area contributed by atoms with Crippen molar-refractivity contribution in [2.75, 3.05) is 0 Å². The normalized spacial score (nSPS) is 11.1. The number of hydrogen-bond donors (Lipinski definition) is 1. The Balaban J connectivity index is 2.84. The van der Waals surface area contributed by atoms with Crippen LogP contribution in [0, 0.1) is 0 Å². The van der Waals surface area contributed by atoms with Crippen LogP contribution in [0.2, 0.25) is 0 Å². The van der Waals surface area contributed by atoms with Gasteiger partial charge in [-0.25, -0.2) is 4.83 Å². The quantitative estimate of drug-likeness (QED) is 0.604. The fourth-order valence-corrected chi connectivity index (χ4v) is 2.72. The highest BCUT2D eigenvalue weighted by atomic mass is 79.9. The molecule has 0 aliphatic heterocycles. The van der Waals surface area contributed by atoms with Crippen molar-refractivity contribution in [3.8, 4) is 0 Å². The first-order chi connectivity index (χ1) is 8.99. The van der Waals surface area contributed by atoms with Crippen molar-refractivity contribution in [2.24, 2.45) is 5.10 Å². The first kappa shape index (κ1) is 16.2. The van der Waals surface area contributed by atoms with E-state index in [1.54, 1.807) is 24.3 Å². The van der Waals surface area contributed by atoms with Gasteiger partial charge in [0, 0.05) is 10.2 Å². The van der Waals surface area contributed by atoms with Crippen molar-refractivity contribution in [1.29, 1.82) is 0 Å². The molecule has 1 aromatic rings. The molecule has 106 valence electrons. The Kier molecular flexibility index (Phi) is 6.51. The highest BCUT2D eigenvalue weighted by molar-refractivity contribution is 9.10. The van der Waals surface area contributed by atoms with Gasteiger partial charge in [-0.2, -0.15) is 13.5 Å². The van der Waals surface area contributed by atoms with Gasteiger partial charge in [0.1, 0.15) is 0 Å². The summed E-state index contributed by atoms with van der Waals surface area (Å²) in [6.07, 6.45) is 3.55. The summed E-state index contributed by atoms with van der Waals surface area (Å²) in [4.78, 5) is 2.52. The molecular weight excluding hydrogens is 328 g/mol. The standard InChI is InChI=1S/C13H19BrN2O2S/c1-3-5-12(6-4-2)15-16-19(17,18)13-9-7-11(14)8-10-13/h7-10,16H,3-6H2,1-2H3. The highest BCUT2D eigenvalue weighted by Gasteiger charge is 2.12. The Hall–Kier alpha value is -0.880. The third kappa shape index (κ3) is 5.32. The minimum Gasteiger partial charge on any atom is -0.200 e. The van der Waals surface area contributed by atoms with Gasteiger partial charge >= 0.3 is 0 Å². The minimum atomic E-state index is -3.57. The van der Waals surface area contributed by atoms with E-state index in [0.29, 0.717) is 0 Å². The van der Waals surface area contributed by atoms with Gasteiger partial charge in [-0.3, -0.25) is 0 Å². The Labute approximate surface area is 123 Å². The van der Waals surface area contributed by atoms with Crippen LogP contribution in [0.1, 0.15) is 39.5 Å². The summed E-state index contributed by atoms with van der Waals surface area (Å²) >= 11 is 3.27. The van der Waals surface area contributed by atoms with E-state index < -0.39 is 10.0 Å². The van der Waals surface area contributed by atoms with E-state index in [0.717, 1.165) is 35.9 Å². The fraction of sp³-hybridized carbons (Fsp3) is 0.462. The number of benzene rings is 1. The summed E-state index contributed by atoms with van der Waals surface area (Å²) in [6.45, 7) is 4.10. The van der Waals surface area contributed by atoms with Crippen LogP contribution >= 0.6 is 15.9 Å². The summed E-state index contributed by atoms with van der Waals surface area (Å²) in [5, 5.41) is 4.04. The third-order valence-electron chi connectivity index (χ3n) is 2.53. The molecule has 0 aliphatic carbocycles. The Morgan fingerprint density at radius 1 is 1.16 bits per heavy atom. The van der Waals surface area contributed by atoms with Crippen LogP contribution in [0.3, 0.4) is 0 Å². The van der Waals surface area contributed by atoms with Crippen molar-refractivity contribution in [2.45, 2.75) is 44.4 Å². The predicted molar refractivity (Wildman–Crippen MR) is 81.7 cm³/mol. The van der Waals surface area contributed by atoms with Gasteiger partial charge in [0.2, 0.25) is 0 Å². The smallest absolute Gasteiger partial charge is 0.200 e. The number of sulfonamides is 1. The largest absolute Gasteiger partial charge is 0.276 e. The van der Waals surface area contributed by atoms with Crippen LogP contribution in [-0.2, 0) is 10.0 Å². The molecule has 0 radical (unpaired) electrons. The Bertz CT molecular complexity index is 516. The van der Waals surface area contributed by atoms with Crippen LogP contribution in [-0.4, -0.2) is 14.1 Å². The SMILES string of the molecule is CCCC(CCC)=NNS(=O)(=O)c1ccc(Br)cc1. The molecular formula is C13H19BrN2O2S. The lowest BCUT2D eigenvalue weighted by Crippen LogP contribution is -2.20. The molecule has 19 heavy (non-hydrogen) atoms. The van der Waals surface area contributed by atoms with Gasteiger partial charge in [0.15, 0.2) is 0 Å². The maximum absolute atomic E-state index is 12.0. The first-order valence-corrected chi connectivity index (χ1v) is 8.60. The second-order valence-electron chi connectivity index (χ2n) is 4.23. The van der Waals surface area contributed by atoms with E-state index in [2.05, 4.69) is 39.7 Å². The summed E-state index contributed by atoms with van der Waals surface area (Å²) in [5.41, 5.74) is 0.894. The number of rotatable bonds is 7. The minimum absolute atomic E-state index is 0.215. The van der Waals surface area contributed by atoms with E-state index in [9.17, 15) is 8.42 Å². The summed E-state index contributed by atoms with van der Waals surface area (Å²) in [5.74, 6) is 0. The van der Waals surface area contributed by atoms with E-state index >= 15 is 0 Å². The Morgan fingerprint density at radius 3 is 2.16 bits per heavy atom. The van der Waals surface area contributed by atoms with E-state index in [4.69, 9.17) is 0 Å². The molecule has 0 atom stereocenters. The first-order valence-electron chi connectivity index (χ1n) is 6.32. The average molecular weight is 347 g/mol. The molecule has 1 aromatic carbocycles. The molecule has 0 aromatic heterocycles. The monoisotopic (exact) mass is 346 g/mol. The molecule has 1 N–H and O–H groups in total. The summed E-state index contributed by atoms with van der Waals surface area (Å²) in [6, 6.07) is 6.47. The number of nitrogens with one attached hydrogen (secondary N) is 1. The molecule has 0 aliphatic rings. The summed E-state index contributed by atoms with van der Waals surface area (Å²) in [7, 11) is -3.57. The van der Waals surface area contributed by atoms with Crippen LogP contribution in [0.5, 0.6) is 0 Å². The molecule has 1 rings (SSSR count). The summed E-state index contributed by atoms with van der Waals surface area (Å²) < 4.78 is 24.9. The second kappa shape index (κ2) is 7.65. The van der Waals surface area contributed by atoms with Crippen molar-refractivity contribution >= 4 is 31.7 Å². The lowest BCUT2D eigenvalue weighted by Gasteiger charge is -2.07. The number of nitrogens with zero attached hydrogens (tertiary/aromatic N) is 1. The third-order valence-corrected chi connectivity index (χ3v) is 4.28. The van der Waals surface area contributed by atoms with Gasteiger partial charge in [0.05, 0.1) is 4.90 Å². The average Bonchev–Trinajstić information content (AvgIpc) is 2.37. The van der Waals surface area contributed by atoms with Gasteiger partial charge in [-0.05, 0) is 37.1 Å². The zero-order chi connectivity index (χ0) is 14.3. The fourth-order valence-electron chi connectivity index (χ4n) is 1.61. The topological polar surface area (TPSA) is 58.5 Å². The van der Waals surface area contributed by atoms with E-state index in [1.165, 1.54) is 0 Å².